The van der Waals surface area contributed by atoms with Gasteiger partial charge in [-0.15, -0.1) is 5.10 Å². The highest BCUT2D eigenvalue weighted by atomic mass is 19.3. The zero-order valence-electron chi connectivity index (χ0n) is 14.5. The van der Waals surface area contributed by atoms with Gasteiger partial charge in [0.1, 0.15) is 12.2 Å². The third-order valence-electron chi connectivity index (χ3n) is 3.49. The van der Waals surface area contributed by atoms with Crippen LogP contribution in [-0.4, -0.2) is 41.4 Å². The topological polar surface area (TPSA) is 118 Å². The van der Waals surface area contributed by atoms with Crippen LogP contribution >= 0.6 is 0 Å². The lowest BCUT2D eigenvalue weighted by atomic mass is 10.2. The first-order valence-corrected chi connectivity index (χ1v) is 7.48. The molecule has 1 unspecified atom stereocenters. The molecule has 0 aliphatic heterocycles. The summed E-state index contributed by atoms with van der Waals surface area (Å²) < 4.78 is 39.8. The summed E-state index contributed by atoms with van der Waals surface area (Å²) in [5.74, 6) is -0.974. The number of methoxy groups -OCH3 is 2. The normalized spacial score (nSPS) is 11.8. The van der Waals surface area contributed by atoms with Crippen molar-refractivity contribution in [3.8, 4) is 17.4 Å². The number of hydrogen-bond donors (Lipinski definition) is 1. The van der Waals surface area contributed by atoms with E-state index in [1.54, 1.807) is 0 Å². The molecule has 0 aliphatic carbocycles. The molecule has 0 aliphatic rings. The largest absolute Gasteiger partial charge is 0.493 e. The summed E-state index contributed by atoms with van der Waals surface area (Å²) in [6.07, 6.45) is 1.07. The number of amides is 1. The third-order valence-corrected chi connectivity index (χ3v) is 3.49. The average molecular weight is 386 g/mol. The van der Waals surface area contributed by atoms with E-state index in [9.17, 15) is 23.7 Å². The number of anilines is 1. The molecule has 1 N–H and O–H groups in total. The summed E-state index contributed by atoms with van der Waals surface area (Å²) in [4.78, 5) is 22.6. The molecule has 146 valence electrons. The average Bonchev–Trinajstić information content (AvgIpc) is 3.06. The number of carbonyl (C=O) groups excluding carboxylic acids is 1. The molecule has 1 aromatic carbocycles. The molecule has 0 bridgehead atoms. The Balaban J connectivity index is 2.18. The zero-order chi connectivity index (χ0) is 20.1. The van der Waals surface area contributed by atoms with Crippen molar-refractivity contribution < 1.29 is 32.7 Å². The summed E-state index contributed by atoms with van der Waals surface area (Å²) in [6.45, 7) is -1.55. The number of nitrogens with zero attached hydrogens (tertiary/aromatic N) is 3. The smallest absolute Gasteiger partial charge is 0.387 e. The number of nitro groups is 1. The van der Waals surface area contributed by atoms with Crippen molar-refractivity contribution in [2.45, 2.75) is 19.6 Å². The molecule has 10 nitrogen and oxygen atoms in total. The molecule has 0 saturated carbocycles. The minimum absolute atomic E-state index is 0.00264. The van der Waals surface area contributed by atoms with Crippen molar-refractivity contribution in [3.05, 3.63) is 34.5 Å². The van der Waals surface area contributed by atoms with Crippen molar-refractivity contribution in [1.29, 1.82) is 0 Å². The van der Waals surface area contributed by atoms with Gasteiger partial charge in [-0.3, -0.25) is 14.9 Å². The van der Waals surface area contributed by atoms with Crippen LogP contribution in [0.15, 0.2) is 24.4 Å². The summed E-state index contributed by atoms with van der Waals surface area (Å²) >= 11 is 0. The molecular weight excluding hydrogens is 370 g/mol. The van der Waals surface area contributed by atoms with Crippen LogP contribution in [0.2, 0.25) is 0 Å². The SMILES string of the molecule is COc1cc(NC(=O)C(C)n2cc([N+](=O)[O-])c(OC)n2)ccc1OC(F)F. The number of benzene rings is 1. The number of ether oxygens (including phenoxy) is 3. The summed E-state index contributed by atoms with van der Waals surface area (Å²) in [6, 6.07) is 2.94. The van der Waals surface area contributed by atoms with Crippen LogP contribution in [0.5, 0.6) is 17.4 Å². The highest BCUT2D eigenvalue weighted by Gasteiger charge is 2.25. The fourth-order valence-electron chi connectivity index (χ4n) is 2.14. The first kappa shape index (κ1) is 19.9. The molecule has 0 radical (unpaired) electrons. The van der Waals surface area contributed by atoms with Gasteiger partial charge in [-0.2, -0.15) is 8.78 Å². The first-order valence-electron chi connectivity index (χ1n) is 7.48. The molecule has 1 atom stereocenters. The van der Waals surface area contributed by atoms with Crippen LogP contribution in [0.1, 0.15) is 13.0 Å². The Morgan fingerprint density at radius 3 is 2.52 bits per heavy atom. The molecule has 2 rings (SSSR count). The van der Waals surface area contributed by atoms with Gasteiger partial charge in [-0.1, -0.05) is 0 Å². The molecule has 27 heavy (non-hydrogen) atoms. The van der Waals surface area contributed by atoms with Crippen LogP contribution in [0.4, 0.5) is 20.2 Å². The van der Waals surface area contributed by atoms with Crippen molar-refractivity contribution in [2.75, 3.05) is 19.5 Å². The van der Waals surface area contributed by atoms with Crippen LogP contribution in [0.3, 0.4) is 0 Å². The Kier molecular flexibility index (Phi) is 6.11. The van der Waals surface area contributed by atoms with Gasteiger partial charge in [0.05, 0.1) is 19.1 Å². The molecule has 2 aromatic rings. The van der Waals surface area contributed by atoms with Crippen molar-refractivity contribution in [1.82, 2.24) is 9.78 Å². The Hall–Kier alpha value is -3.44. The second kappa shape index (κ2) is 8.29. The van der Waals surface area contributed by atoms with Gasteiger partial charge in [0.15, 0.2) is 11.5 Å². The van der Waals surface area contributed by atoms with E-state index < -0.39 is 23.5 Å². The molecule has 1 amide bonds. The molecule has 1 heterocycles. The number of alkyl halides is 2. The third kappa shape index (κ3) is 4.59. The van der Waals surface area contributed by atoms with Gasteiger partial charge in [-0.25, -0.2) is 4.68 Å². The molecule has 0 saturated heterocycles. The highest BCUT2D eigenvalue weighted by molar-refractivity contribution is 5.93. The molecule has 0 spiro atoms. The monoisotopic (exact) mass is 386 g/mol. The van der Waals surface area contributed by atoms with Crippen molar-refractivity contribution >= 4 is 17.3 Å². The van der Waals surface area contributed by atoms with Crippen molar-refractivity contribution in [2.24, 2.45) is 0 Å². The number of hydrogen-bond acceptors (Lipinski definition) is 7. The zero-order valence-corrected chi connectivity index (χ0v) is 14.5. The van der Waals surface area contributed by atoms with Crippen LogP contribution in [-0.2, 0) is 4.79 Å². The predicted molar refractivity (Wildman–Crippen MR) is 88.4 cm³/mol. The molecular formula is C15H16F2N4O6. The maximum Gasteiger partial charge on any atom is 0.387 e. The van der Waals surface area contributed by atoms with Gasteiger partial charge < -0.3 is 19.5 Å². The maximum absolute atomic E-state index is 12.4. The minimum Gasteiger partial charge on any atom is -0.493 e. The van der Waals surface area contributed by atoms with E-state index in [4.69, 9.17) is 9.47 Å². The van der Waals surface area contributed by atoms with Crippen LogP contribution in [0.25, 0.3) is 0 Å². The number of aromatic nitrogens is 2. The van der Waals surface area contributed by atoms with E-state index in [-0.39, 0.29) is 28.8 Å². The lowest BCUT2D eigenvalue weighted by molar-refractivity contribution is -0.385. The summed E-state index contributed by atoms with van der Waals surface area (Å²) in [5, 5.41) is 17.3. The minimum atomic E-state index is -3.02. The molecule has 1 aromatic heterocycles. The van der Waals surface area contributed by atoms with E-state index in [0.717, 1.165) is 10.9 Å². The van der Waals surface area contributed by atoms with E-state index in [1.165, 1.54) is 39.3 Å². The van der Waals surface area contributed by atoms with Crippen LogP contribution in [0, 0.1) is 10.1 Å². The lowest BCUT2D eigenvalue weighted by Gasteiger charge is -2.14. The Morgan fingerprint density at radius 1 is 1.30 bits per heavy atom. The maximum atomic E-state index is 12.4. The number of carbonyl (C=O) groups is 1. The molecule has 0 fully saturated rings. The predicted octanol–water partition coefficient (Wildman–Crippen LogP) is 2.61. The van der Waals surface area contributed by atoms with E-state index in [0.29, 0.717) is 0 Å². The van der Waals surface area contributed by atoms with E-state index >= 15 is 0 Å². The summed E-state index contributed by atoms with van der Waals surface area (Å²) in [7, 11) is 2.48. The fraction of sp³-hybridized carbons (Fsp3) is 0.333. The number of nitrogens with one attached hydrogen (secondary N) is 1. The van der Waals surface area contributed by atoms with E-state index in [1.807, 2.05) is 0 Å². The Bertz CT molecular complexity index is 842. The van der Waals surface area contributed by atoms with Gasteiger partial charge in [-0.05, 0) is 19.1 Å². The van der Waals surface area contributed by atoms with Gasteiger partial charge >= 0.3 is 18.2 Å². The standard InChI is InChI=1S/C15H16F2N4O6/c1-8(20-7-10(21(23)24)14(19-20)26-3)13(22)18-9-4-5-11(27-15(16)17)12(6-9)25-2/h4-8,15H,1-3H3,(H,18,22). The van der Waals surface area contributed by atoms with Gasteiger partial charge in [0.25, 0.3) is 0 Å². The Morgan fingerprint density at radius 2 is 2.00 bits per heavy atom. The van der Waals surface area contributed by atoms with Gasteiger partial charge in [0.2, 0.25) is 5.91 Å². The second-order valence-electron chi connectivity index (χ2n) is 5.17. The number of halogens is 2. The fourth-order valence-corrected chi connectivity index (χ4v) is 2.14. The Labute approximate surface area is 151 Å². The van der Waals surface area contributed by atoms with E-state index in [2.05, 4.69) is 15.2 Å². The lowest BCUT2D eigenvalue weighted by Crippen LogP contribution is -2.24. The highest BCUT2D eigenvalue weighted by Crippen LogP contribution is 2.32. The molecule has 12 heteroatoms. The quantitative estimate of drug-likeness (QED) is 0.547. The van der Waals surface area contributed by atoms with Gasteiger partial charge in [0, 0.05) is 11.8 Å². The van der Waals surface area contributed by atoms with Crippen LogP contribution < -0.4 is 19.5 Å². The first-order chi connectivity index (χ1) is 12.8. The second-order valence-corrected chi connectivity index (χ2v) is 5.17. The number of rotatable bonds is 8. The van der Waals surface area contributed by atoms with Crippen molar-refractivity contribution in [3.63, 3.8) is 0 Å². The summed E-state index contributed by atoms with van der Waals surface area (Å²) in [5.41, 5.74) is -0.133.